The predicted molar refractivity (Wildman–Crippen MR) is 136 cm³/mol. The predicted octanol–water partition coefficient (Wildman–Crippen LogP) is 3.79. The van der Waals surface area contributed by atoms with Crippen LogP contribution in [-0.4, -0.2) is 68.5 Å². The lowest BCUT2D eigenvalue weighted by atomic mass is 9.52. The molecule has 1 saturated carbocycles. The minimum atomic E-state index is -4.91. The number of fused-ring (bicyclic) bond motifs is 1. The van der Waals surface area contributed by atoms with E-state index in [0.29, 0.717) is 54.9 Å². The molecule has 1 aliphatic carbocycles. The van der Waals surface area contributed by atoms with Crippen molar-refractivity contribution in [2.45, 2.75) is 49.4 Å². The quantitative estimate of drug-likeness (QED) is 0.449. The Morgan fingerprint density at radius 1 is 0.872 bits per heavy atom. The van der Waals surface area contributed by atoms with Gasteiger partial charge in [-0.1, -0.05) is 0 Å². The maximum absolute atomic E-state index is 14.0. The number of anilines is 1. The van der Waals surface area contributed by atoms with Crippen molar-refractivity contribution in [3.63, 3.8) is 0 Å². The molecule has 1 aromatic carbocycles. The topological polar surface area (TPSA) is 50.3 Å². The van der Waals surface area contributed by atoms with Crippen LogP contribution < -0.4 is 5.32 Å². The fraction of sp³-hybridized carbons (Fsp3) is 0.600. The zero-order chi connectivity index (χ0) is 28.2. The third kappa shape index (κ3) is 5.77. The molecule has 3 fully saturated rings. The lowest BCUT2D eigenvalue weighted by Gasteiger charge is -2.45. The van der Waals surface area contributed by atoms with Gasteiger partial charge >= 0.3 is 12.4 Å². The molecule has 2 aromatic rings. The Bertz CT molecular complexity index is 1190. The lowest BCUT2D eigenvalue weighted by molar-refractivity contribution is -0.137. The number of hydrogen-bond donors (Lipinski definition) is 1. The Morgan fingerprint density at radius 2 is 1.49 bits per heavy atom. The highest BCUT2D eigenvalue weighted by Crippen LogP contribution is 2.44. The number of halogens is 7. The minimum absolute atomic E-state index is 0.00792. The molecule has 5 nitrogen and oxygen atoms in total. The highest BCUT2D eigenvalue weighted by molar-refractivity contribution is 6.40. The summed E-state index contributed by atoms with van der Waals surface area (Å²) >= 11 is 0. The van der Waals surface area contributed by atoms with Gasteiger partial charge in [-0.05, 0) is 73.0 Å². The van der Waals surface area contributed by atoms with Crippen molar-refractivity contribution < 1.29 is 35.5 Å². The largest absolute Gasteiger partial charge is 0.420 e. The van der Waals surface area contributed by atoms with E-state index >= 15 is 0 Å². The molecule has 0 amide bonds. The normalized spacial score (nSPS) is 25.2. The van der Waals surface area contributed by atoms with E-state index in [0.717, 1.165) is 39.1 Å². The maximum atomic E-state index is 14.0. The maximum Gasteiger partial charge on any atom is 0.420 e. The Hall–Kier alpha value is -2.34. The van der Waals surface area contributed by atoms with E-state index in [1.807, 2.05) is 0 Å². The number of ether oxygens (including phenoxy) is 1. The van der Waals surface area contributed by atoms with E-state index in [-0.39, 0.29) is 11.4 Å². The van der Waals surface area contributed by atoms with Crippen molar-refractivity contribution in [1.29, 1.82) is 0 Å². The van der Waals surface area contributed by atoms with Gasteiger partial charge in [-0.2, -0.15) is 26.3 Å². The number of nitrogens with one attached hydrogen (secondary N) is 1. The first kappa shape index (κ1) is 28.2. The smallest absolute Gasteiger partial charge is 0.381 e. The number of hydrogen-bond acceptors (Lipinski definition) is 5. The van der Waals surface area contributed by atoms with E-state index in [2.05, 4.69) is 36.1 Å². The van der Waals surface area contributed by atoms with Gasteiger partial charge in [0, 0.05) is 37.9 Å². The first-order valence-corrected chi connectivity index (χ1v) is 13.1. The van der Waals surface area contributed by atoms with Crippen LogP contribution in [0.2, 0.25) is 0 Å². The van der Waals surface area contributed by atoms with E-state index in [1.165, 1.54) is 0 Å². The Kier molecular flexibility index (Phi) is 7.41. The summed E-state index contributed by atoms with van der Waals surface area (Å²) in [4.78, 5) is 2.50. The Labute approximate surface area is 223 Å². The van der Waals surface area contributed by atoms with Crippen LogP contribution in [0.4, 0.5) is 36.6 Å². The molecular weight excluding hydrogens is 527 g/mol. The second-order valence-electron chi connectivity index (χ2n) is 11.5. The van der Waals surface area contributed by atoms with Crippen LogP contribution in [0.25, 0.3) is 11.3 Å². The van der Waals surface area contributed by atoms with Crippen LogP contribution in [0.5, 0.6) is 0 Å². The van der Waals surface area contributed by atoms with Crippen molar-refractivity contribution in [2.75, 3.05) is 31.6 Å². The van der Waals surface area contributed by atoms with E-state index in [9.17, 15) is 30.7 Å². The molecule has 5 rings (SSSR count). The summed E-state index contributed by atoms with van der Waals surface area (Å²) in [7, 11) is 4.52. The monoisotopic (exact) mass is 556 g/mol. The molecule has 2 saturated heterocycles. The minimum Gasteiger partial charge on any atom is -0.381 e. The van der Waals surface area contributed by atoms with E-state index in [1.54, 1.807) is 0 Å². The zero-order valence-electron chi connectivity index (χ0n) is 21.7. The summed E-state index contributed by atoms with van der Waals surface area (Å²) < 4.78 is 102. The molecule has 3 aliphatic rings. The Balaban J connectivity index is 1.32. The molecule has 3 atom stereocenters. The van der Waals surface area contributed by atoms with Gasteiger partial charge in [0.2, 0.25) is 0 Å². The van der Waals surface area contributed by atoms with E-state index in [4.69, 9.17) is 4.74 Å². The molecular formula is C25H29B2F7N4O. The third-order valence-corrected chi connectivity index (χ3v) is 8.79. The molecule has 210 valence electrons. The van der Waals surface area contributed by atoms with Gasteiger partial charge in [0.1, 0.15) is 27.1 Å². The average molecular weight is 556 g/mol. The Morgan fingerprint density at radius 3 is 2.08 bits per heavy atom. The molecule has 0 spiro atoms. The number of likely N-dealkylation sites (tertiary alicyclic amines) is 1. The standard InChI is InChI=1S/C25H29B2F7N4O/c26-23(27,15-3-5-39-6-4-15)38-11-13-7-17(8-14(13)12-38)35-22-20(25(32,33)34)10-21(36-37-22)18-9-16(28)1-2-19(18)24(29,30)31/h1-2,9-10,13-15,17H,3-8,11-12,26-27H2,(H,35,37)/t13-,14+,17+. The van der Waals surface area contributed by atoms with Crippen molar-refractivity contribution in [3.8, 4) is 11.3 Å². The molecule has 2 aliphatic heterocycles. The van der Waals surface area contributed by atoms with Gasteiger partial charge in [-0.3, -0.25) is 0 Å². The molecule has 1 N–H and O–H groups in total. The summed E-state index contributed by atoms with van der Waals surface area (Å²) in [6, 6.07) is 1.84. The summed E-state index contributed by atoms with van der Waals surface area (Å²) in [6.07, 6.45) is -6.47. The van der Waals surface area contributed by atoms with Crippen LogP contribution >= 0.6 is 0 Å². The number of rotatable bonds is 5. The van der Waals surface area contributed by atoms with Gasteiger partial charge in [-0.25, -0.2) is 4.39 Å². The molecule has 0 bridgehead atoms. The van der Waals surface area contributed by atoms with Gasteiger partial charge < -0.3 is 15.0 Å². The van der Waals surface area contributed by atoms with Crippen molar-refractivity contribution in [1.82, 2.24) is 15.1 Å². The summed E-state index contributed by atoms with van der Waals surface area (Å²) in [5.74, 6) is -0.379. The molecule has 0 unspecified atom stereocenters. The van der Waals surface area contributed by atoms with Gasteiger partial charge in [0.05, 0.1) is 11.3 Å². The first-order valence-electron chi connectivity index (χ1n) is 13.1. The second-order valence-corrected chi connectivity index (χ2v) is 11.5. The number of aromatic nitrogens is 2. The fourth-order valence-electron chi connectivity index (χ4n) is 6.57. The highest BCUT2D eigenvalue weighted by Gasteiger charge is 2.47. The van der Waals surface area contributed by atoms with Crippen molar-refractivity contribution >= 4 is 21.5 Å². The van der Waals surface area contributed by atoms with Crippen LogP contribution in [0.15, 0.2) is 24.3 Å². The third-order valence-electron chi connectivity index (χ3n) is 8.79. The summed E-state index contributed by atoms with van der Waals surface area (Å²) in [5.41, 5.74) is -4.02. The van der Waals surface area contributed by atoms with Crippen molar-refractivity contribution in [3.05, 3.63) is 41.2 Å². The van der Waals surface area contributed by atoms with Gasteiger partial charge in [0.25, 0.3) is 0 Å². The first-order chi connectivity index (χ1) is 18.2. The summed E-state index contributed by atoms with van der Waals surface area (Å²) in [6.45, 7) is 3.26. The van der Waals surface area contributed by atoms with Crippen LogP contribution in [0.1, 0.15) is 36.8 Å². The summed E-state index contributed by atoms with van der Waals surface area (Å²) in [5, 5.41) is 10.2. The molecule has 3 heterocycles. The van der Waals surface area contributed by atoms with E-state index < -0.39 is 46.4 Å². The highest BCUT2D eigenvalue weighted by atomic mass is 19.4. The SMILES string of the molecule is BC(B)(C1CCOCC1)N1C[C@H]2C[C@H](Nc3nnc(-c4cc(F)ccc4C(F)(F)F)cc3C(F)(F)F)C[C@H]2C1. The molecule has 0 radical (unpaired) electrons. The average Bonchev–Trinajstić information content (AvgIpc) is 3.43. The van der Waals surface area contributed by atoms with Crippen molar-refractivity contribution in [2.24, 2.45) is 17.8 Å². The number of benzene rings is 1. The fourth-order valence-corrected chi connectivity index (χ4v) is 6.57. The number of alkyl halides is 6. The number of nitrogens with zero attached hydrogens (tertiary/aromatic N) is 3. The second kappa shape index (κ2) is 10.2. The van der Waals surface area contributed by atoms with Crippen LogP contribution in [0.3, 0.4) is 0 Å². The van der Waals surface area contributed by atoms with Crippen LogP contribution in [0, 0.1) is 23.6 Å². The molecule has 1 aromatic heterocycles. The molecule has 39 heavy (non-hydrogen) atoms. The van der Waals surface area contributed by atoms with Crippen LogP contribution in [-0.2, 0) is 17.1 Å². The zero-order valence-corrected chi connectivity index (χ0v) is 21.7. The lowest BCUT2D eigenvalue weighted by Crippen LogP contribution is -2.56. The van der Waals surface area contributed by atoms with Gasteiger partial charge in [-0.15, -0.1) is 10.2 Å². The molecule has 14 heteroatoms. The van der Waals surface area contributed by atoms with Gasteiger partial charge in [0.15, 0.2) is 5.82 Å².